The van der Waals surface area contributed by atoms with Gasteiger partial charge in [0, 0.05) is 6.42 Å². The summed E-state index contributed by atoms with van der Waals surface area (Å²) in [6.45, 7) is 4.38. The summed E-state index contributed by atoms with van der Waals surface area (Å²) < 4.78 is 0. The Morgan fingerprint density at radius 2 is 1.86 bits per heavy atom. The normalized spacial score (nSPS) is 23.8. The number of carboxylic acids is 1. The predicted octanol–water partition coefficient (Wildman–Crippen LogP) is 2.68. The minimum Gasteiger partial charge on any atom is -0.481 e. The smallest absolute Gasteiger partial charge is 0.310 e. The van der Waals surface area contributed by atoms with Gasteiger partial charge in [-0.3, -0.25) is 4.79 Å². The molecule has 1 fully saturated rings. The van der Waals surface area contributed by atoms with Gasteiger partial charge in [0.05, 0.1) is 5.41 Å². The second-order valence-corrected chi connectivity index (χ2v) is 5.13. The van der Waals surface area contributed by atoms with E-state index in [1.54, 1.807) is 0 Å². The average molecular weight is 194 g/mol. The van der Waals surface area contributed by atoms with Crippen molar-refractivity contribution in [3.63, 3.8) is 0 Å². The molecule has 1 aliphatic carbocycles. The average Bonchev–Trinajstić information content (AvgIpc) is 2.09. The Hall–Kier alpha value is -0.970. The molecule has 0 spiro atoms. The van der Waals surface area contributed by atoms with Crippen LogP contribution in [0.3, 0.4) is 0 Å². The fraction of sp³-hybridized carbons (Fsp3) is 0.750. The van der Waals surface area contributed by atoms with Gasteiger partial charge in [-0.1, -0.05) is 13.8 Å². The third-order valence-electron chi connectivity index (χ3n) is 3.45. The van der Waals surface area contributed by atoms with Crippen LogP contribution in [-0.4, -0.2) is 11.1 Å². The molecule has 78 valence electrons. The minimum atomic E-state index is -0.717. The number of hydrogen-bond acceptors (Lipinski definition) is 1. The Balaban J connectivity index is 2.75. The van der Waals surface area contributed by atoms with E-state index in [2.05, 4.69) is 19.8 Å². The summed E-state index contributed by atoms with van der Waals surface area (Å²) in [6.07, 6.45) is 8.97. The number of terminal acetylenes is 1. The molecule has 0 aromatic rings. The molecule has 0 amide bonds. The Bertz CT molecular complexity index is 261. The van der Waals surface area contributed by atoms with Crippen molar-refractivity contribution < 1.29 is 9.90 Å². The zero-order chi connectivity index (χ0) is 10.8. The molecule has 0 aromatic carbocycles. The topological polar surface area (TPSA) is 37.3 Å². The van der Waals surface area contributed by atoms with E-state index in [-0.39, 0.29) is 5.41 Å². The summed E-state index contributed by atoms with van der Waals surface area (Å²) in [6, 6.07) is 0. The molecule has 0 radical (unpaired) electrons. The lowest BCUT2D eigenvalue weighted by Gasteiger charge is -2.39. The molecule has 1 saturated carbocycles. The van der Waals surface area contributed by atoms with E-state index >= 15 is 0 Å². The van der Waals surface area contributed by atoms with Gasteiger partial charge < -0.3 is 5.11 Å². The predicted molar refractivity (Wildman–Crippen MR) is 55.8 cm³/mol. The molecule has 0 atom stereocenters. The van der Waals surface area contributed by atoms with Crippen LogP contribution in [0.5, 0.6) is 0 Å². The van der Waals surface area contributed by atoms with Crippen LogP contribution in [0, 0.1) is 23.2 Å². The first kappa shape index (κ1) is 11.1. The molecule has 1 aliphatic rings. The van der Waals surface area contributed by atoms with Crippen LogP contribution < -0.4 is 0 Å². The molecule has 2 nitrogen and oxygen atoms in total. The highest BCUT2D eigenvalue weighted by molar-refractivity contribution is 5.75. The summed E-state index contributed by atoms with van der Waals surface area (Å²) in [5.74, 6) is 1.79. The number of carbonyl (C=O) groups is 1. The second-order valence-electron chi connectivity index (χ2n) is 5.13. The van der Waals surface area contributed by atoms with Crippen LogP contribution in [0.1, 0.15) is 46.0 Å². The Labute approximate surface area is 85.7 Å². The quantitative estimate of drug-likeness (QED) is 0.686. The molecule has 2 heteroatoms. The number of rotatable bonds is 2. The largest absolute Gasteiger partial charge is 0.481 e. The van der Waals surface area contributed by atoms with Crippen LogP contribution in [0.2, 0.25) is 0 Å². The first-order chi connectivity index (χ1) is 6.42. The molecule has 0 saturated heterocycles. The fourth-order valence-corrected chi connectivity index (χ4v) is 2.07. The summed E-state index contributed by atoms with van der Waals surface area (Å²) in [5.41, 5.74) is -0.349. The van der Waals surface area contributed by atoms with Crippen molar-refractivity contribution in [1.29, 1.82) is 0 Å². The van der Waals surface area contributed by atoms with Gasteiger partial charge in [0.25, 0.3) is 0 Å². The zero-order valence-electron chi connectivity index (χ0n) is 8.97. The van der Waals surface area contributed by atoms with E-state index in [1.165, 1.54) is 0 Å². The van der Waals surface area contributed by atoms with Crippen molar-refractivity contribution in [3.8, 4) is 12.3 Å². The van der Waals surface area contributed by atoms with E-state index in [1.807, 2.05) is 0 Å². The highest BCUT2D eigenvalue weighted by Gasteiger charge is 2.43. The highest BCUT2D eigenvalue weighted by atomic mass is 16.4. The third kappa shape index (κ3) is 2.09. The molecule has 0 unspecified atom stereocenters. The van der Waals surface area contributed by atoms with Crippen molar-refractivity contribution >= 4 is 5.97 Å². The van der Waals surface area contributed by atoms with Gasteiger partial charge in [-0.05, 0) is 31.1 Å². The summed E-state index contributed by atoms with van der Waals surface area (Å²) >= 11 is 0. The van der Waals surface area contributed by atoms with E-state index in [0.29, 0.717) is 6.42 Å². The third-order valence-corrected chi connectivity index (χ3v) is 3.45. The zero-order valence-corrected chi connectivity index (χ0v) is 8.97. The standard InChI is InChI=1S/C12H18O2/c1-4-5-12(10(13)14)8-6-11(2,3)7-9-12/h1H,5-9H2,2-3H3,(H,13,14). The Morgan fingerprint density at radius 1 is 1.36 bits per heavy atom. The van der Waals surface area contributed by atoms with Crippen molar-refractivity contribution in [2.24, 2.45) is 10.8 Å². The lowest BCUT2D eigenvalue weighted by atomic mass is 9.64. The Morgan fingerprint density at radius 3 is 2.21 bits per heavy atom. The molecule has 1 rings (SSSR count). The van der Waals surface area contributed by atoms with E-state index in [0.717, 1.165) is 25.7 Å². The number of hydrogen-bond donors (Lipinski definition) is 1. The monoisotopic (exact) mass is 194 g/mol. The summed E-state index contributed by atoms with van der Waals surface area (Å²) in [4.78, 5) is 11.2. The minimum absolute atomic E-state index is 0.285. The summed E-state index contributed by atoms with van der Waals surface area (Å²) in [7, 11) is 0. The highest BCUT2D eigenvalue weighted by Crippen LogP contribution is 2.46. The van der Waals surface area contributed by atoms with Crippen molar-refractivity contribution in [2.75, 3.05) is 0 Å². The second kappa shape index (κ2) is 3.65. The fourth-order valence-electron chi connectivity index (χ4n) is 2.07. The van der Waals surface area contributed by atoms with Gasteiger partial charge in [-0.25, -0.2) is 0 Å². The lowest BCUT2D eigenvalue weighted by Crippen LogP contribution is -2.37. The summed E-state index contributed by atoms with van der Waals surface area (Å²) in [5, 5.41) is 9.19. The number of aliphatic carboxylic acids is 1. The van der Waals surface area contributed by atoms with Crippen LogP contribution in [0.15, 0.2) is 0 Å². The first-order valence-electron chi connectivity index (χ1n) is 5.09. The van der Waals surface area contributed by atoms with Crippen LogP contribution in [-0.2, 0) is 4.79 Å². The molecular weight excluding hydrogens is 176 g/mol. The molecule has 0 heterocycles. The van der Waals surface area contributed by atoms with Crippen LogP contribution in [0.4, 0.5) is 0 Å². The molecular formula is C12H18O2. The lowest BCUT2D eigenvalue weighted by molar-refractivity contribution is -0.152. The van der Waals surface area contributed by atoms with Crippen molar-refractivity contribution in [3.05, 3.63) is 0 Å². The molecule has 0 bridgehead atoms. The first-order valence-corrected chi connectivity index (χ1v) is 5.09. The van der Waals surface area contributed by atoms with Gasteiger partial charge in [0.1, 0.15) is 0 Å². The molecule has 1 N–H and O–H groups in total. The van der Waals surface area contributed by atoms with Crippen molar-refractivity contribution in [2.45, 2.75) is 46.0 Å². The van der Waals surface area contributed by atoms with Gasteiger partial charge in [0.2, 0.25) is 0 Å². The Kier molecular flexibility index (Phi) is 2.89. The number of carboxylic acid groups (broad SMARTS) is 1. The van der Waals surface area contributed by atoms with E-state index < -0.39 is 11.4 Å². The van der Waals surface area contributed by atoms with Crippen LogP contribution in [0.25, 0.3) is 0 Å². The van der Waals surface area contributed by atoms with Gasteiger partial charge in [0.15, 0.2) is 0 Å². The van der Waals surface area contributed by atoms with Gasteiger partial charge in [-0.15, -0.1) is 12.3 Å². The molecule has 14 heavy (non-hydrogen) atoms. The molecule has 0 aromatic heterocycles. The maximum absolute atomic E-state index is 11.2. The SMILES string of the molecule is C#CCC1(C(=O)O)CCC(C)(C)CC1. The van der Waals surface area contributed by atoms with Crippen LogP contribution >= 0.6 is 0 Å². The maximum atomic E-state index is 11.2. The maximum Gasteiger partial charge on any atom is 0.310 e. The van der Waals surface area contributed by atoms with Gasteiger partial charge in [-0.2, -0.15) is 0 Å². The van der Waals surface area contributed by atoms with E-state index in [9.17, 15) is 9.90 Å². The van der Waals surface area contributed by atoms with Crippen molar-refractivity contribution in [1.82, 2.24) is 0 Å². The van der Waals surface area contributed by atoms with Gasteiger partial charge >= 0.3 is 5.97 Å². The van der Waals surface area contributed by atoms with E-state index in [4.69, 9.17) is 6.42 Å². The molecule has 0 aliphatic heterocycles.